The highest BCUT2D eigenvalue weighted by Crippen LogP contribution is 2.22. The van der Waals surface area contributed by atoms with Gasteiger partial charge in [0.15, 0.2) is 5.11 Å². The maximum Gasteiger partial charge on any atom is 0.251 e. The molecule has 9 heteroatoms. The normalized spacial score (nSPS) is 11.0. The third-order valence-electron chi connectivity index (χ3n) is 5.21. The molecule has 172 valence electrons. The van der Waals surface area contributed by atoms with Gasteiger partial charge in [-0.2, -0.15) is 5.10 Å². The predicted molar refractivity (Wildman–Crippen MR) is 142 cm³/mol. The summed E-state index contributed by atoms with van der Waals surface area (Å²) in [5.74, 6) is -0.121. The van der Waals surface area contributed by atoms with Crippen LogP contribution in [-0.4, -0.2) is 33.7 Å². The molecular formula is C25H23ClN6OS. The minimum Gasteiger partial charge on any atom is -0.358 e. The molecule has 0 bridgehead atoms. The van der Waals surface area contributed by atoms with E-state index in [9.17, 15) is 4.79 Å². The Hall–Kier alpha value is -3.75. The number of aromatic amines is 1. The summed E-state index contributed by atoms with van der Waals surface area (Å²) >= 11 is 11.0. The number of carbonyl (C=O) groups excluding carboxylic acids is 1. The number of hydrogen-bond donors (Lipinski definition) is 4. The highest BCUT2D eigenvalue weighted by atomic mass is 35.5. The van der Waals surface area contributed by atoms with Crippen LogP contribution in [-0.2, 0) is 6.42 Å². The molecular weight excluding hydrogens is 468 g/mol. The summed E-state index contributed by atoms with van der Waals surface area (Å²) in [4.78, 5) is 20.0. The topological polar surface area (TPSA) is 94.2 Å². The van der Waals surface area contributed by atoms with Gasteiger partial charge in [0.25, 0.3) is 5.91 Å². The van der Waals surface area contributed by atoms with Gasteiger partial charge in [0.05, 0.1) is 16.9 Å². The van der Waals surface area contributed by atoms with Crippen molar-refractivity contribution >= 4 is 57.6 Å². The molecule has 34 heavy (non-hydrogen) atoms. The van der Waals surface area contributed by atoms with Gasteiger partial charge in [-0.15, -0.1) is 0 Å². The minimum atomic E-state index is -0.121. The number of fused-ring (bicyclic) bond motifs is 1. The number of anilines is 1. The van der Waals surface area contributed by atoms with E-state index >= 15 is 0 Å². The summed E-state index contributed by atoms with van der Waals surface area (Å²) in [5.41, 5.74) is 8.16. The molecule has 0 unspecified atom stereocenters. The third kappa shape index (κ3) is 5.98. The van der Waals surface area contributed by atoms with Crippen LogP contribution in [0.25, 0.3) is 10.9 Å². The first-order chi connectivity index (χ1) is 16.5. The van der Waals surface area contributed by atoms with Crippen molar-refractivity contribution in [2.24, 2.45) is 5.10 Å². The van der Waals surface area contributed by atoms with Gasteiger partial charge >= 0.3 is 0 Å². The number of amides is 1. The number of aryl methyl sites for hydroxylation is 1. The van der Waals surface area contributed by atoms with E-state index < -0.39 is 0 Å². The summed E-state index contributed by atoms with van der Waals surface area (Å²) in [6, 6.07) is 18.7. The van der Waals surface area contributed by atoms with Crippen LogP contribution in [0.4, 0.5) is 5.69 Å². The smallest absolute Gasteiger partial charge is 0.251 e. The van der Waals surface area contributed by atoms with Crippen LogP contribution in [0.3, 0.4) is 0 Å². The molecule has 0 saturated heterocycles. The maximum absolute atomic E-state index is 12.5. The van der Waals surface area contributed by atoms with Crippen molar-refractivity contribution in [1.82, 2.24) is 20.7 Å². The SMILES string of the molecule is Cc1[nH]c2ccccc2c1CCNC(=O)c1ccc(NC(=S)N/N=C/c2ccc(Cl)cn2)cc1. The van der Waals surface area contributed by atoms with Gasteiger partial charge in [-0.3, -0.25) is 15.2 Å². The van der Waals surface area contributed by atoms with E-state index in [4.69, 9.17) is 23.8 Å². The number of para-hydroxylation sites is 1. The van der Waals surface area contributed by atoms with E-state index in [1.165, 1.54) is 17.2 Å². The Bertz CT molecular complexity index is 1330. The zero-order valence-electron chi connectivity index (χ0n) is 18.4. The van der Waals surface area contributed by atoms with Gasteiger partial charge in [0.1, 0.15) is 0 Å². The molecule has 2 heterocycles. The van der Waals surface area contributed by atoms with E-state index in [1.807, 2.05) is 12.1 Å². The van der Waals surface area contributed by atoms with Crippen LogP contribution < -0.4 is 16.1 Å². The monoisotopic (exact) mass is 490 g/mol. The number of hydrogen-bond acceptors (Lipinski definition) is 4. The predicted octanol–water partition coefficient (Wildman–Crippen LogP) is 4.82. The first-order valence-electron chi connectivity index (χ1n) is 10.7. The van der Waals surface area contributed by atoms with E-state index in [2.05, 4.69) is 50.2 Å². The van der Waals surface area contributed by atoms with Crippen LogP contribution in [0.5, 0.6) is 0 Å². The van der Waals surface area contributed by atoms with Crippen LogP contribution >= 0.6 is 23.8 Å². The number of hydrazone groups is 1. The Balaban J connectivity index is 1.25. The molecule has 0 atom stereocenters. The molecule has 0 aliphatic heterocycles. The average molecular weight is 491 g/mol. The number of nitrogens with zero attached hydrogens (tertiary/aromatic N) is 2. The van der Waals surface area contributed by atoms with Crippen molar-refractivity contribution in [1.29, 1.82) is 0 Å². The molecule has 1 amide bonds. The average Bonchev–Trinajstić information content (AvgIpc) is 3.16. The Morgan fingerprint density at radius 1 is 1.15 bits per heavy atom. The number of rotatable bonds is 7. The molecule has 2 aromatic heterocycles. The molecule has 7 nitrogen and oxygen atoms in total. The Labute approximate surface area is 207 Å². The molecule has 0 spiro atoms. The molecule has 0 saturated carbocycles. The number of aromatic nitrogens is 2. The van der Waals surface area contributed by atoms with Crippen molar-refractivity contribution < 1.29 is 4.79 Å². The fourth-order valence-corrected chi connectivity index (χ4v) is 3.83. The van der Waals surface area contributed by atoms with E-state index in [-0.39, 0.29) is 5.91 Å². The van der Waals surface area contributed by atoms with Gasteiger partial charge in [-0.05, 0) is 73.6 Å². The summed E-state index contributed by atoms with van der Waals surface area (Å²) in [6.07, 6.45) is 3.84. The van der Waals surface area contributed by atoms with Crippen LogP contribution in [0.2, 0.25) is 5.02 Å². The number of pyridine rings is 1. The van der Waals surface area contributed by atoms with Gasteiger partial charge < -0.3 is 15.6 Å². The minimum absolute atomic E-state index is 0.121. The number of halogens is 1. The van der Waals surface area contributed by atoms with Gasteiger partial charge in [0, 0.05) is 40.6 Å². The van der Waals surface area contributed by atoms with Crippen molar-refractivity contribution in [2.75, 3.05) is 11.9 Å². The third-order valence-corrected chi connectivity index (χ3v) is 5.62. The Morgan fingerprint density at radius 2 is 1.94 bits per heavy atom. The Kier molecular flexibility index (Phi) is 7.51. The molecule has 4 aromatic rings. The lowest BCUT2D eigenvalue weighted by Gasteiger charge is -2.09. The Morgan fingerprint density at radius 3 is 2.71 bits per heavy atom. The fourth-order valence-electron chi connectivity index (χ4n) is 3.54. The number of thiocarbonyl (C=S) groups is 1. The number of benzene rings is 2. The first kappa shape index (κ1) is 23.4. The second-order valence-corrected chi connectivity index (χ2v) is 8.43. The van der Waals surface area contributed by atoms with Crippen LogP contribution in [0.1, 0.15) is 27.3 Å². The number of carbonyl (C=O) groups is 1. The van der Waals surface area contributed by atoms with Crippen molar-refractivity contribution in [3.05, 3.63) is 94.4 Å². The van der Waals surface area contributed by atoms with E-state index in [0.717, 1.165) is 23.3 Å². The molecule has 0 aliphatic rings. The highest BCUT2D eigenvalue weighted by molar-refractivity contribution is 7.80. The lowest BCUT2D eigenvalue weighted by molar-refractivity contribution is 0.0954. The summed E-state index contributed by atoms with van der Waals surface area (Å²) in [5, 5.41) is 12.1. The first-order valence-corrected chi connectivity index (χ1v) is 11.4. The zero-order chi connectivity index (χ0) is 23.9. The fraction of sp³-hybridized carbons (Fsp3) is 0.120. The second kappa shape index (κ2) is 10.9. The van der Waals surface area contributed by atoms with Crippen molar-refractivity contribution in [2.45, 2.75) is 13.3 Å². The largest absolute Gasteiger partial charge is 0.358 e. The van der Waals surface area contributed by atoms with Crippen molar-refractivity contribution in [3.8, 4) is 0 Å². The number of nitrogens with one attached hydrogen (secondary N) is 4. The maximum atomic E-state index is 12.5. The molecule has 4 rings (SSSR count). The molecule has 0 fully saturated rings. The zero-order valence-corrected chi connectivity index (χ0v) is 20.0. The lowest BCUT2D eigenvalue weighted by Crippen LogP contribution is -2.26. The second-order valence-electron chi connectivity index (χ2n) is 7.58. The van der Waals surface area contributed by atoms with Crippen molar-refractivity contribution in [3.63, 3.8) is 0 Å². The lowest BCUT2D eigenvalue weighted by atomic mass is 10.1. The van der Waals surface area contributed by atoms with Gasteiger partial charge in [-0.25, -0.2) is 0 Å². The van der Waals surface area contributed by atoms with Gasteiger partial charge in [0.2, 0.25) is 0 Å². The molecule has 4 N–H and O–H groups in total. The van der Waals surface area contributed by atoms with Crippen LogP contribution in [0.15, 0.2) is 72.0 Å². The van der Waals surface area contributed by atoms with Gasteiger partial charge in [-0.1, -0.05) is 29.8 Å². The summed E-state index contributed by atoms with van der Waals surface area (Å²) < 4.78 is 0. The molecule has 2 aromatic carbocycles. The van der Waals surface area contributed by atoms with E-state index in [1.54, 1.807) is 42.6 Å². The summed E-state index contributed by atoms with van der Waals surface area (Å²) in [6.45, 7) is 2.61. The summed E-state index contributed by atoms with van der Waals surface area (Å²) in [7, 11) is 0. The molecule has 0 radical (unpaired) electrons. The standard InChI is InChI=1S/C25H23ClN6OS/c1-16-21(22-4-2-3-5-23(22)30-16)12-13-27-24(33)17-6-9-19(10-7-17)31-25(34)32-29-15-20-11-8-18(26)14-28-20/h2-11,14-15,30H,12-13H2,1H3,(H,27,33)(H2,31,32,34)/b29-15+. The molecule has 0 aliphatic carbocycles. The van der Waals surface area contributed by atoms with E-state index in [0.29, 0.717) is 27.9 Å². The number of H-pyrrole nitrogens is 1. The highest BCUT2D eigenvalue weighted by Gasteiger charge is 2.09. The quantitative estimate of drug-likeness (QED) is 0.169. The van der Waals surface area contributed by atoms with Crippen LogP contribution in [0, 0.1) is 6.92 Å².